The molecule has 1 aromatic carbocycles. The maximum Gasteiger partial charge on any atom is 0.324 e. The number of nitrogens with one attached hydrogen (secondary N) is 1. The molecule has 110 valence electrons. The molecule has 1 aliphatic rings. The van der Waals surface area contributed by atoms with Crippen molar-refractivity contribution in [1.29, 1.82) is 0 Å². The molecule has 20 heavy (non-hydrogen) atoms. The van der Waals surface area contributed by atoms with Gasteiger partial charge in [0, 0.05) is 25.7 Å². The van der Waals surface area contributed by atoms with E-state index in [1.165, 1.54) is 5.56 Å². The number of hydrogen-bond acceptors (Lipinski definition) is 4. The van der Waals surface area contributed by atoms with Gasteiger partial charge in [-0.3, -0.25) is 9.69 Å². The van der Waals surface area contributed by atoms with Crippen molar-refractivity contribution in [3.8, 4) is 0 Å². The summed E-state index contributed by atoms with van der Waals surface area (Å²) in [5.74, 6) is -0.117. The van der Waals surface area contributed by atoms with Gasteiger partial charge in [-0.25, -0.2) is 0 Å². The minimum atomic E-state index is -0.186. The van der Waals surface area contributed by atoms with Crippen LogP contribution in [-0.2, 0) is 9.53 Å². The number of benzene rings is 1. The summed E-state index contributed by atoms with van der Waals surface area (Å²) in [6.45, 7) is 6.92. The quantitative estimate of drug-likeness (QED) is 0.835. The van der Waals surface area contributed by atoms with E-state index in [1.54, 1.807) is 0 Å². The van der Waals surface area contributed by atoms with Crippen molar-refractivity contribution in [2.24, 2.45) is 0 Å². The first-order valence-corrected chi connectivity index (χ1v) is 7.46. The van der Waals surface area contributed by atoms with Gasteiger partial charge >= 0.3 is 5.97 Å². The van der Waals surface area contributed by atoms with Crippen molar-refractivity contribution < 1.29 is 9.53 Å². The molecule has 4 heteroatoms. The van der Waals surface area contributed by atoms with Crippen LogP contribution in [0.3, 0.4) is 0 Å². The highest BCUT2D eigenvalue weighted by Gasteiger charge is 2.34. The van der Waals surface area contributed by atoms with Crippen LogP contribution >= 0.6 is 0 Å². The van der Waals surface area contributed by atoms with Crippen LogP contribution in [0, 0.1) is 0 Å². The molecular weight excluding hydrogens is 252 g/mol. The van der Waals surface area contributed by atoms with E-state index < -0.39 is 0 Å². The summed E-state index contributed by atoms with van der Waals surface area (Å²) in [5, 5.41) is 3.29. The van der Waals surface area contributed by atoms with Gasteiger partial charge in [0.2, 0.25) is 0 Å². The number of rotatable bonds is 5. The van der Waals surface area contributed by atoms with E-state index in [4.69, 9.17) is 4.74 Å². The zero-order chi connectivity index (χ0) is 14.4. The number of piperazine rings is 1. The van der Waals surface area contributed by atoms with Crippen molar-refractivity contribution >= 4 is 5.97 Å². The topological polar surface area (TPSA) is 41.6 Å². The zero-order valence-corrected chi connectivity index (χ0v) is 12.3. The van der Waals surface area contributed by atoms with Gasteiger partial charge in [0.1, 0.15) is 6.04 Å². The van der Waals surface area contributed by atoms with Crippen molar-refractivity contribution in [3.05, 3.63) is 35.9 Å². The summed E-state index contributed by atoms with van der Waals surface area (Å²) in [6.07, 6.45) is 0.986. The molecule has 1 fully saturated rings. The monoisotopic (exact) mass is 276 g/mol. The molecule has 2 atom stereocenters. The number of hydrogen-bond donors (Lipinski definition) is 1. The molecular formula is C16H24N2O2. The molecule has 1 N–H and O–H groups in total. The molecule has 1 aliphatic heterocycles. The van der Waals surface area contributed by atoms with Crippen molar-refractivity contribution in [1.82, 2.24) is 10.2 Å². The van der Waals surface area contributed by atoms with Crippen LogP contribution in [-0.4, -0.2) is 43.2 Å². The van der Waals surface area contributed by atoms with Crippen molar-refractivity contribution in [2.75, 3.05) is 26.2 Å². The highest BCUT2D eigenvalue weighted by Crippen LogP contribution is 2.27. The predicted octanol–water partition coefficient (Wildman–Crippen LogP) is 1.97. The molecule has 0 radical (unpaired) electrons. The summed E-state index contributed by atoms with van der Waals surface area (Å²) in [6, 6.07) is 10.5. The molecule has 1 aromatic rings. The first-order valence-electron chi connectivity index (χ1n) is 7.46. The highest BCUT2D eigenvalue weighted by atomic mass is 16.5. The van der Waals surface area contributed by atoms with Crippen LogP contribution in [0.1, 0.15) is 31.9 Å². The Kier molecular flexibility index (Phi) is 5.56. The molecule has 1 heterocycles. The van der Waals surface area contributed by atoms with Gasteiger partial charge < -0.3 is 10.1 Å². The molecule has 0 aliphatic carbocycles. The Labute approximate surface area is 121 Å². The third-order valence-electron chi connectivity index (χ3n) is 3.81. The van der Waals surface area contributed by atoms with Gasteiger partial charge in [-0.05, 0) is 18.9 Å². The second-order valence-corrected chi connectivity index (χ2v) is 5.04. The Morgan fingerprint density at radius 3 is 2.80 bits per heavy atom. The van der Waals surface area contributed by atoms with Crippen LogP contribution in [0.2, 0.25) is 0 Å². The molecule has 1 saturated heterocycles. The van der Waals surface area contributed by atoms with Crippen molar-refractivity contribution in [2.45, 2.75) is 32.4 Å². The maximum absolute atomic E-state index is 12.2. The van der Waals surface area contributed by atoms with Crippen LogP contribution in [0.15, 0.2) is 30.3 Å². The van der Waals surface area contributed by atoms with E-state index in [2.05, 4.69) is 41.4 Å². The smallest absolute Gasteiger partial charge is 0.324 e. The Bertz CT molecular complexity index is 422. The fraction of sp³-hybridized carbons (Fsp3) is 0.562. The molecule has 0 amide bonds. The number of esters is 1. The summed E-state index contributed by atoms with van der Waals surface area (Å²) in [5.41, 5.74) is 1.27. The van der Waals surface area contributed by atoms with Gasteiger partial charge in [-0.15, -0.1) is 0 Å². The van der Waals surface area contributed by atoms with Crippen molar-refractivity contribution in [3.63, 3.8) is 0 Å². The SMILES string of the molecule is CCOC(=O)C1CNCCN1C(CC)c1ccccc1. The lowest BCUT2D eigenvalue weighted by molar-refractivity contribution is -0.151. The number of nitrogens with zero attached hydrogens (tertiary/aromatic N) is 1. The first-order chi connectivity index (χ1) is 9.77. The molecule has 0 aromatic heterocycles. The highest BCUT2D eigenvalue weighted by molar-refractivity contribution is 5.76. The summed E-state index contributed by atoms with van der Waals surface area (Å²) in [4.78, 5) is 14.4. The van der Waals surface area contributed by atoms with E-state index in [0.29, 0.717) is 13.2 Å². The minimum Gasteiger partial charge on any atom is -0.465 e. The number of ether oxygens (including phenoxy) is 1. The minimum absolute atomic E-state index is 0.117. The lowest BCUT2D eigenvalue weighted by Crippen LogP contribution is -2.56. The van der Waals surface area contributed by atoms with Gasteiger partial charge in [-0.1, -0.05) is 37.3 Å². The Morgan fingerprint density at radius 1 is 1.40 bits per heavy atom. The molecule has 4 nitrogen and oxygen atoms in total. The number of carbonyl (C=O) groups excluding carboxylic acids is 1. The molecule has 0 saturated carbocycles. The average molecular weight is 276 g/mol. The summed E-state index contributed by atoms with van der Waals surface area (Å²) >= 11 is 0. The second-order valence-electron chi connectivity index (χ2n) is 5.04. The van der Waals surface area contributed by atoms with Gasteiger partial charge in [0.25, 0.3) is 0 Å². The first kappa shape index (κ1) is 15.0. The van der Waals surface area contributed by atoms with Gasteiger partial charge in [0.15, 0.2) is 0 Å². The molecule has 2 unspecified atom stereocenters. The average Bonchev–Trinajstić information content (AvgIpc) is 2.50. The fourth-order valence-electron chi connectivity index (χ4n) is 2.89. The van der Waals surface area contributed by atoms with E-state index in [1.807, 2.05) is 13.0 Å². The van der Waals surface area contributed by atoms with Gasteiger partial charge in [-0.2, -0.15) is 0 Å². The van der Waals surface area contributed by atoms with E-state index in [9.17, 15) is 4.79 Å². The fourth-order valence-corrected chi connectivity index (χ4v) is 2.89. The standard InChI is InChI=1S/C16H24N2O2/c1-3-14(13-8-6-5-7-9-13)18-11-10-17-12-15(18)16(19)20-4-2/h5-9,14-15,17H,3-4,10-12H2,1-2H3. The summed E-state index contributed by atoms with van der Waals surface area (Å²) in [7, 11) is 0. The molecule has 0 spiro atoms. The number of carbonyl (C=O) groups is 1. The largest absolute Gasteiger partial charge is 0.465 e. The van der Waals surface area contributed by atoms with Gasteiger partial charge in [0.05, 0.1) is 6.61 Å². The van der Waals surface area contributed by atoms with E-state index in [0.717, 1.165) is 19.5 Å². The molecule has 2 rings (SSSR count). The Morgan fingerprint density at radius 2 is 2.15 bits per heavy atom. The van der Waals surface area contributed by atoms with Crippen LogP contribution in [0.4, 0.5) is 0 Å². The lowest BCUT2D eigenvalue weighted by atomic mass is 9.99. The summed E-state index contributed by atoms with van der Waals surface area (Å²) < 4.78 is 5.22. The third kappa shape index (κ3) is 3.38. The van der Waals surface area contributed by atoms with E-state index in [-0.39, 0.29) is 18.1 Å². The second kappa shape index (κ2) is 7.41. The predicted molar refractivity (Wildman–Crippen MR) is 79.5 cm³/mol. The normalized spacial score (nSPS) is 21.4. The third-order valence-corrected chi connectivity index (χ3v) is 3.81. The molecule has 0 bridgehead atoms. The Balaban J connectivity index is 2.19. The van der Waals surface area contributed by atoms with Crippen LogP contribution < -0.4 is 5.32 Å². The van der Waals surface area contributed by atoms with Crippen LogP contribution in [0.25, 0.3) is 0 Å². The van der Waals surface area contributed by atoms with E-state index >= 15 is 0 Å². The Hall–Kier alpha value is -1.39. The maximum atomic E-state index is 12.2. The van der Waals surface area contributed by atoms with Crippen LogP contribution in [0.5, 0.6) is 0 Å². The zero-order valence-electron chi connectivity index (χ0n) is 12.3. The lowest BCUT2D eigenvalue weighted by Gasteiger charge is -2.40.